The number of aliphatic hydroxyl groups excluding tert-OH is 1. The number of hydrogen-bond acceptors (Lipinski definition) is 9. The van der Waals surface area contributed by atoms with Crippen molar-refractivity contribution in [2.75, 3.05) is 64.3 Å². The number of likely N-dealkylation sites (N-methyl/N-ethyl adjacent to an activating group) is 1. The van der Waals surface area contributed by atoms with E-state index in [1.54, 1.807) is 17.0 Å². The van der Waals surface area contributed by atoms with Crippen molar-refractivity contribution in [1.29, 1.82) is 0 Å². The molecular formula is C48H57N5O7. The maximum Gasteiger partial charge on any atom is 0.411 e. The van der Waals surface area contributed by atoms with E-state index in [4.69, 9.17) is 9.47 Å². The second-order valence-electron chi connectivity index (χ2n) is 16.0. The molecule has 2 fully saturated rings. The van der Waals surface area contributed by atoms with E-state index in [0.29, 0.717) is 67.6 Å². The summed E-state index contributed by atoms with van der Waals surface area (Å²) < 4.78 is 11.8. The number of aromatic hydroxyl groups is 1. The fourth-order valence-electron chi connectivity index (χ4n) is 8.71. The van der Waals surface area contributed by atoms with Gasteiger partial charge in [-0.15, -0.1) is 0 Å². The van der Waals surface area contributed by atoms with Crippen molar-refractivity contribution in [3.05, 3.63) is 130 Å². The lowest BCUT2D eigenvalue weighted by Crippen LogP contribution is -2.38. The fraction of sp³-hybridized carbons (Fsp3) is 0.396. The van der Waals surface area contributed by atoms with Crippen LogP contribution in [0.25, 0.3) is 22.0 Å². The molecule has 1 aliphatic carbocycles. The first-order valence-electron chi connectivity index (χ1n) is 21.3. The monoisotopic (exact) mass is 815 g/mol. The number of pyridine rings is 1. The smallest absolute Gasteiger partial charge is 0.411 e. The minimum Gasteiger partial charge on any atom is -0.506 e. The highest BCUT2D eigenvalue weighted by molar-refractivity contribution is 5.91. The molecule has 1 aliphatic heterocycles. The van der Waals surface area contributed by atoms with Crippen molar-refractivity contribution in [1.82, 2.24) is 20.1 Å². The van der Waals surface area contributed by atoms with Crippen LogP contribution in [0.3, 0.4) is 0 Å². The normalized spacial score (nSPS) is 18.0. The number of aromatic amines is 1. The average Bonchev–Trinajstić information content (AvgIpc) is 3.82. The molecule has 2 heterocycles. The Labute approximate surface area is 351 Å². The lowest BCUT2D eigenvalue weighted by atomic mass is 10.0. The number of anilines is 1. The van der Waals surface area contributed by atoms with Crippen molar-refractivity contribution in [3.63, 3.8) is 0 Å². The number of benzene rings is 4. The van der Waals surface area contributed by atoms with Crippen molar-refractivity contribution >= 4 is 28.6 Å². The molecule has 2 aliphatic rings. The van der Waals surface area contributed by atoms with Crippen LogP contribution in [0.4, 0.5) is 10.5 Å². The summed E-state index contributed by atoms with van der Waals surface area (Å²) in [7, 11) is 0. The number of rotatable bonds is 19. The van der Waals surface area contributed by atoms with Gasteiger partial charge in [0.05, 0.1) is 36.9 Å². The number of likely N-dealkylation sites (tertiary alicyclic amines) is 1. The zero-order valence-corrected chi connectivity index (χ0v) is 34.4. The van der Waals surface area contributed by atoms with Gasteiger partial charge in [-0.25, -0.2) is 4.79 Å². The molecule has 12 nitrogen and oxygen atoms in total. The van der Waals surface area contributed by atoms with E-state index < -0.39 is 6.10 Å². The number of carbonyl (C=O) groups is 2. The molecule has 1 saturated carbocycles. The van der Waals surface area contributed by atoms with Gasteiger partial charge < -0.3 is 39.8 Å². The summed E-state index contributed by atoms with van der Waals surface area (Å²) >= 11 is 0. The number of phenols is 1. The number of para-hydroxylation sites is 1. The quantitative estimate of drug-likeness (QED) is 0.0586. The topological polar surface area (TPSA) is 156 Å². The lowest BCUT2D eigenvalue weighted by Gasteiger charge is -2.22. The summed E-state index contributed by atoms with van der Waals surface area (Å²) in [6, 6.07) is 32.7. The molecule has 316 valence electrons. The van der Waals surface area contributed by atoms with Gasteiger partial charge in [-0.3, -0.25) is 14.9 Å². The molecule has 60 heavy (non-hydrogen) atoms. The molecule has 5 aromatic rings. The van der Waals surface area contributed by atoms with E-state index >= 15 is 0 Å². The molecule has 12 heteroatoms. The Morgan fingerprint density at radius 3 is 2.35 bits per heavy atom. The highest BCUT2D eigenvalue weighted by atomic mass is 16.6. The first-order valence-corrected chi connectivity index (χ1v) is 21.3. The van der Waals surface area contributed by atoms with Crippen LogP contribution in [0.2, 0.25) is 0 Å². The van der Waals surface area contributed by atoms with E-state index in [2.05, 4.69) is 44.8 Å². The molecule has 3 atom stereocenters. The number of H-pyrrole nitrogens is 1. The number of nitrogens with zero attached hydrogens (tertiary/aromatic N) is 2. The third-order valence-electron chi connectivity index (χ3n) is 11.9. The van der Waals surface area contributed by atoms with Gasteiger partial charge in [0.15, 0.2) is 0 Å². The van der Waals surface area contributed by atoms with Gasteiger partial charge in [-0.05, 0) is 84.9 Å². The van der Waals surface area contributed by atoms with Crippen LogP contribution in [-0.2, 0) is 27.1 Å². The highest BCUT2D eigenvalue weighted by Gasteiger charge is 2.42. The molecule has 1 saturated heterocycles. The van der Waals surface area contributed by atoms with Crippen molar-refractivity contribution in [2.45, 2.75) is 51.2 Å². The summed E-state index contributed by atoms with van der Waals surface area (Å²) in [5.41, 5.74) is 5.86. The molecule has 5 N–H and O–H groups in total. The summed E-state index contributed by atoms with van der Waals surface area (Å²) in [6.45, 7) is 7.78. The van der Waals surface area contributed by atoms with Gasteiger partial charge in [0, 0.05) is 62.8 Å². The number of nitrogens with one attached hydrogen (secondary N) is 3. The van der Waals surface area contributed by atoms with Crippen LogP contribution in [-0.4, -0.2) is 102 Å². The van der Waals surface area contributed by atoms with Crippen LogP contribution in [0.1, 0.15) is 49.0 Å². The number of ether oxygens (including phenoxy) is 2. The first-order chi connectivity index (χ1) is 29.2. The van der Waals surface area contributed by atoms with Gasteiger partial charge in [0.1, 0.15) is 11.9 Å². The molecule has 0 spiro atoms. The number of amides is 2. The summed E-state index contributed by atoms with van der Waals surface area (Å²) in [4.78, 5) is 44.4. The minimum absolute atomic E-state index is 0.0245. The number of phenolic OH excluding ortho intramolecular Hbond substituents is 1. The van der Waals surface area contributed by atoms with Gasteiger partial charge in [0.2, 0.25) is 11.5 Å². The zero-order valence-electron chi connectivity index (χ0n) is 34.4. The third kappa shape index (κ3) is 11.2. The lowest BCUT2D eigenvalue weighted by molar-refractivity contribution is -0.132. The van der Waals surface area contributed by atoms with Gasteiger partial charge in [-0.1, -0.05) is 78.9 Å². The Hall–Kier alpha value is -5.53. The number of carbonyl (C=O) groups excluding carboxylic acids is 2. The molecular weight excluding hydrogens is 759 g/mol. The van der Waals surface area contributed by atoms with Gasteiger partial charge in [-0.2, -0.15) is 0 Å². The van der Waals surface area contributed by atoms with E-state index in [-0.39, 0.29) is 36.0 Å². The van der Waals surface area contributed by atoms with Crippen LogP contribution < -0.4 is 16.2 Å². The maximum atomic E-state index is 12.9. The van der Waals surface area contributed by atoms with Crippen LogP contribution in [0, 0.1) is 11.8 Å². The van der Waals surface area contributed by atoms with Crippen molar-refractivity contribution in [3.8, 4) is 16.9 Å². The SMILES string of the molecule is CCN(CCNC[C@H](O)c1ccc(O)c2[nH]c(=O)ccc12)C(=O)CCOCCc1ccc(CCN2CC3CC(OC(=O)Nc4ccccc4-c4ccccc4)CC3C2)cc1. The molecule has 0 radical (unpaired) electrons. The largest absolute Gasteiger partial charge is 0.506 e. The van der Waals surface area contributed by atoms with Gasteiger partial charge >= 0.3 is 6.09 Å². The molecule has 2 unspecified atom stereocenters. The molecule has 1 aromatic heterocycles. The van der Waals surface area contributed by atoms with E-state index in [0.717, 1.165) is 62.1 Å². The number of aromatic nitrogens is 1. The van der Waals surface area contributed by atoms with Crippen LogP contribution >= 0.6 is 0 Å². The molecule has 7 rings (SSSR count). The maximum absolute atomic E-state index is 12.9. The predicted molar refractivity (Wildman–Crippen MR) is 234 cm³/mol. The van der Waals surface area contributed by atoms with E-state index in [1.807, 2.05) is 61.5 Å². The summed E-state index contributed by atoms with van der Waals surface area (Å²) in [5.74, 6) is 1.08. The molecule has 4 aromatic carbocycles. The Bertz CT molecular complexity index is 2230. The number of hydrogen-bond donors (Lipinski definition) is 5. The second kappa shape index (κ2) is 20.6. The highest BCUT2D eigenvalue weighted by Crippen LogP contribution is 2.40. The Kier molecular flexibility index (Phi) is 14.6. The predicted octanol–water partition coefficient (Wildman–Crippen LogP) is 6.52. The summed E-state index contributed by atoms with van der Waals surface area (Å²) in [6.07, 6.45) is 2.60. The van der Waals surface area contributed by atoms with Crippen molar-refractivity contribution < 1.29 is 29.3 Å². The Balaban J connectivity index is 0.740. The molecule has 0 bridgehead atoms. The standard InChI is InChI=1S/C48H57N5O7/c1-2-53(25-23-49-30-44(55)40-16-18-43(54)47-41(40)17-19-45(56)51-47)46(57)22-27-59-26-21-34-14-12-33(13-15-34)20-24-52-31-36-28-38(29-37(36)32-52)60-48(58)50-42-11-7-6-10-39(42)35-8-4-3-5-9-35/h3-19,36-38,44,49,54-55H,2,20-32H2,1H3,(H,50,58)(H,51,56)/t36?,37?,38?,44-/m0/s1. The number of aliphatic hydroxyl groups is 1. The Morgan fingerprint density at radius 2 is 1.60 bits per heavy atom. The first kappa shape index (κ1) is 42.6. The van der Waals surface area contributed by atoms with Crippen LogP contribution in [0.15, 0.2) is 108 Å². The van der Waals surface area contributed by atoms with E-state index in [1.165, 1.54) is 23.3 Å². The van der Waals surface area contributed by atoms with Crippen LogP contribution in [0.5, 0.6) is 5.75 Å². The average molecular weight is 816 g/mol. The Morgan fingerprint density at radius 1 is 0.883 bits per heavy atom. The number of fused-ring (bicyclic) bond motifs is 2. The fourth-order valence-corrected chi connectivity index (χ4v) is 8.71. The van der Waals surface area contributed by atoms with Crippen molar-refractivity contribution in [2.24, 2.45) is 11.8 Å². The second-order valence-corrected chi connectivity index (χ2v) is 16.0. The molecule has 2 amide bonds. The van der Waals surface area contributed by atoms with Gasteiger partial charge in [0.25, 0.3) is 0 Å². The third-order valence-corrected chi connectivity index (χ3v) is 11.9. The van der Waals surface area contributed by atoms with E-state index in [9.17, 15) is 24.6 Å². The zero-order chi connectivity index (χ0) is 41.8. The minimum atomic E-state index is -0.861. The summed E-state index contributed by atoms with van der Waals surface area (Å²) in [5, 5.41) is 27.7.